The van der Waals surface area contributed by atoms with Crippen LogP contribution in [0.25, 0.3) is 0 Å². The minimum absolute atomic E-state index is 0.0210. The fourth-order valence-electron chi connectivity index (χ4n) is 2.30. The molecule has 1 unspecified atom stereocenters. The lowest BCUT2D eigenvalue weighted by Gasteiger charge is -2.15. The van der Waals surface area contributed by atoms with Crippen LogP contribution >= 0.6 is 11.3 Å². The van der Waals surface area contributed by atoms with Crippen molar-refractivity contribution >= 4 is 22.9 Å². The van der Waals surface area contributed by atoms with Gasteiger partial charge in [0.1, 0.15) is 0 Å². The average Bonchev–Trinajstić information content (AvgIpc) is 2.71. The second-order valence-electron chi connectivity index (χ2n) is 5.15. The largest absolute Gasteiger partial charge is 0.398 e. The maximum atomic E-state index is 12.3. The molecule has 4 heteroatoms. The zero-order chi connectivity index (χ0) is 14.9. The third kappa shape index (κ3) is 3.02. The summed E-state index contributed by atoms with van der Waals surface area (Å²) in [6, 6.07) is 7.61. The lowest BCUT2D eigenvalue weighted by atomic mass is 10.1. The molecule has 2 rings (SSSR count). The van der Waals surface area contributed by atoms with Gasteiger partial charge in [0.05, 0.1) is 11.6 Å². The van der Waals surface area contributed by atoms with E-state index in [4.69, 9.17) is 5.73 Å². The Bertz CT molecular complexity index is 646. The van der Waals surface area contributed by atoms with Gasteiger partial charge in [-0.3, -0.25) is 4.79 Å². The van der Waals surface area contributed by atoms with Crippen molar-refractivity contribution in [3.63, 3.8) is 0 Å². The fourth-order valence-corrected chi connectivity index (χ4v) is 3.32. The number of anilines is 1. The number of hydrogen-bond acceptors (Lipinski definition) is 3. The Hall–Kier alpha value is -1.81. The molecule has 1 aromatic heterocycles. The van der Waals surface area contributed by atoms with E-state index in [-0.39, 0.29) is 11.9 Å². The molecule has 3 N–H and O–H groups in total. The van der Waals surface area contributed by atoms with Crippen LogP contribution in [-0.2, 0) is 0 Å². The predicted molar refractivity (Wildman–Crippen MR) is 85.3 cm³/mol. The summed E-state index contributed by atoms with van der Waals surface area (Å²) in [4.78, 5) is 14.8. The molecule has 0 aliphatic carbocycles. The van der Waals surface area contributed by atoms with Gasteiger partial charge in [0.25, 0.3) is 5.91 Å². The first-order valence-corrected chi connectivity index (χ1v) is 7.44. The van der Waals surface area contributed by atoms with Gasteiger partial charge < -0.3 is 11.1 Å². The van der Waals surface area contributed by atoms with Crippen LogP contribution in [0.5, 0.6) is 0 Å². The number of amides is 1. The van der Waals surface area contributed by atoms with Gasteiger partial charge in [-0.15, -0.1) is 11.3 Å². The fraction of sp³-hybridized carbons (Fsp3) is 0.312. The zero-order valence-corrected chi connectivity index (χ0v) is 13.1. The van der Waals surface area contributed by atoms with Crippen molar-refractivity contribution < 1.29 is 4.79 Å². The molecule has 1 heterocycles. The van der Waals surface area contributed by atoms with Crippen molar-refractivity contribution in [2.45, 2.75) is 33.7 Å². The molecule has 106 valence electrons. The molecular weight excluding hydrogens is 268 g/mol. The summed E-state index contributed by atoms with van der Waals surface area (Å²) in [6.45, 7) is 8.11. The number of aryl methyl sites for hydroxylation is 3. The molecule has 1 amide bonds. The minimum atomic E-state index is -0.123. The van der Waals surface area contributed by atoms with Crippen LogP contribution in [0.4, 0.5) is 5.69 Å². The molecule has 0 aliphatic rings. The first-order valence-electron chi connectivity index (χ1n) is 6.62. The summed E-state index contributed by atoms with van der Waals surface area (Å²) in [6.07, 6.45) is 0. The monoisotopic (exact) mass is 288 g/mol. The van der Waals surface area contributed by atoms with E-state index < -0.39 is 0 Å². The molecule has 0 saturated carbocycles. The highest BCUT2D eigenvalue weighted by Gasteiger charge is 2.16. The smallest absolute Gasteiger partial charge is 0.253 e. The molecular formula is C16H20N2OS. The van der Waals surface area contributed by atoms with Crippen LogP contribution in [0.1, 0.15) is 44.2 Å². The summed E-state index contributed by atoms with van der Waals surface area (Å²) in [5.41, 5.74) is 9.14. The Morgan fingerprint density at radius 3 is 2.55 bits per heavy atom. The van der Waals surface area contributed by atoms with Crippen molar-refractivity contribution in [3.8, 4) is 0 Å². The third-order valence-corrected chi connectivity index (χ3v) is 4.33. The zero-order valence-electron chi connectivity index (χ0n) is 12.3. The topological polar surface area (TPSA) is 55.1 Å². The van der Waals surface area contributed by atoms with Crippen molar-refractivity contribution in [1.29, 1.82) is 0 Å². The molecule has 0 aliphatic heterocycles. The molecule has 1 atom stereocenters. The Morgan fingerprint density at radius 2 is 1.95 bits per heavy atom. The molecule has 0 bridgehead atoms. The number of benzene rings is 1. The first kappa shape index (κ1) is 14.6. The number of nitrogens with one attached hydrogen (secondary N) is 1. The van der Waals surface area contributed by atoms with Crippen LogP contribution in [0.2, 0.25) is 0 Å². The highest BCUT2D eigenvalue weighted by Crippen LogP contribution is 2.26. The number of nitrogen functional groups attached to an aromatic ring is 1. The Morgan fingerprint density at radius 1 is 1.25 bits per heavy atom. The SMILES string of the molecule is Cc1ccc(N)c(C(=O)NC(C)c2cc(C)sc2C)c1. The molecule has 20 heavy (non-hydrogen) atoms. The highest BCUT2D eigenvalue weighted by molar-refractivity contribution is 7.12. The summed E-state index contributed by atoms with van der Waals surface area (Å²) in [5.74, 6) is -0.123. The van der Waals surface area contributed by atoms with E-state index in [0.717, 1.165) is 5.56 Å². The van der Waals surface area contributed by atoms with Crippen molar-refractivity contribution in [2.24, 2.45) is 0 Å². The second-order valence-corrected chi connectivity index (χ2v) is 6.61. The van der Waals surface area contributed by atoms with Gasteiger partial charge >= 0.3 is 0 Å². The van der Waals surface area contributed by atoms with Crippen LogP contribution < -0.4 is 11.1 Å². The normalized spacial score (nSPS) is 12.2. The van der Waals surface area contributed by atoms with E-state index in [9.17, 15) is 4.79 Å². The van der Waals surface area contributed by atoms with E-state index in [2.05, 4.69) is 25.2 Å². The average molecular weight is 288 g/mol. The number of carbonyl (C=O) groups is 1. The van der Waals surface area contributed by atoms with Gasteiger partial charge in [-0.1, -0.05) is 11.6 Å². The molecule has 1 aromatic carbocycles. The number of thiophene rings is 1. The van der Waals surface area contributed by atoms with Gasteiger partial charge in [-0.05, 0) is 51.5 Å². The van der Waals surface area contributed by atoms with Crippen molar-refractivity contribution in [2.75, 3.05) is 5.73 Å². The van der Waals surface area contributed by atoms with E-state index in [0.29, 0.717) is 11.3 Å². The molecule has 3 nitrogen and oxygen atoms in total. The van der Waals surface area contributed by atoms with Gasteiger partial charge in [-0.2, -0.15) is 0 Å². The second kappa shape index (κ2) is 5.67. The lowest BCUT2D eigenvalue weighted by Crippen LogP contribution is -2.27. The van der Waals surface area contributed by atoms with Crippen LogP contribution in [0.3, 0.4) is 0 Å². The Kier molecular flexibility index (Phi) is 4.14. The summed E-state index contributed by atoms with van der Waals surface area (Å²) >= 11 is 1.75. The number of hydrogen-bond donors (Lipinski definition) is 2. The minimum Gasteiger partial charge on any atom is -0.398 e. The van der Waals surface area contributed by atoms with Crippen LogP contribution in [0.15, 0.2) is 24.3 Å². The Labute approximate surface area is 123 Å². The predicted octanol–water partition coefficient (Wildman–Crippen LogP) is 3.75. The van der Waals surface area contributed by atoms with E-state index in [1.807, 2.05) is 26.0 Å². The van der Waals surface area contributed by atoms with Crippen molar-refractivity contribution in [1.82, 2.24) is 5.32 Å². The van der Waals surface area contributed by atoms with Crippen molar-refractivity contribution in [3.05, 3.63) is 50.7 Å². The van der Waals surface area contributed by atoms with E-state index >= 15 is 0 Å². The highest BCUT2D eigenvalue weighted by atomic mass is 32.1. The summed E-state index contributed by atoms with van der Waals surface area (Å²) < 4.78 is 0. The van der Waals surface area contributed by atoms with Gasteiger partial charge in [-0.25, -0.2) is 0 Å². The quantitative estimate of drug-likeness (QED) is 0.845. The summed E-state index contributed by atoms with van der Waals surface area (Å²) in [5, 5.41) is 3.02. The molecule has 0 fully saturated rings. The maximum Gasteiger partial charge on any atom is 0.253 e. The van der Waals surface area contributed by atoms with Gasteiger partial charge in [0.2, 0.25) is 0 Å². The van der Waals surface area contributed by atoms with Gasteiger partial charge in [0, 0.05) is 15.4 Å². The Balaban J connectivity index is 2.19. The van der Waals surface area contributed by atoms with Gasteiger partial charge in [0.15, 0.2) is 0 Å². The maximum absolute atomic E-state index is 12.3. The van der Waals surface area contributed by atoms with Crippen LogP contribution in [0, 0.1) is 20.8 Å². The lowest BCUT2D eigenvalue weighted by molar-refractivity contribution is 0.0940. The molecule has 2 aromatic rings. The molecule has 0 saturated heterocycles. The summed E-state index contributed by atoms with van der Waals surface area (Å²) in [7, 11) is 0. The molecule has 0 radical (unpaired) electrons. The molecule has 0 spiro atoms. The number of nitrogens with two attached hydrogens (primary N) is 1. The third-order valence-electron chi connectivity index (χ3n) is 3.35. The first-order chi connectivity index (χ1) is 9.38. The number of rotatable bonds is 3. The standard InChI is InChI=1S/C16H20N2OS/c1-9-5-6-15(17)14(7-9)16(19)18-11(3)13-8-10(2)20-12(13)4/h5-8,11H,17H2,1-4H3,(H,18,19). The van der Waals surface area contributed by atoms with E-state index in [1.54, 1.807) is 17.4 Å². The van der Waals surface area contributed by atoms with Crippen LogP contribution in [-0.4, -0.2) is 5.91 Å². The number of carbonyl (C=O) groups excluding carboxylic acids is 1. The van der Waals surface area contributed by atoms with E-state index in [1.165, 1.54) is 15.3 Å².